The van der Waals surface area contributed by atoms with Gasteiger partial charge in [-0.3, -0.25) is 10.1 Å². The molecule has 0 bridgehead atoms. The Balaban J connectivity index is 1.98. The maximum absolute atomic E-state index is 10.7. The molecule has 2 rings (SSSR count). The highest BCUT2D eigenvalue weighted by molar-refractivity contribution is 5.55. The lowest BCUT2D eigenvalue weighted by atomic mass is 10.0. The van der Waals surface area contributed by atoms with Crippen molar-refractivity contribution in [1.29, 1.82) is 0 Å². The minimum absolute atomic E-state index is 0.156. The van der Waals surface area contributed by atoms with Crippen molar-refractivity contribution in [3.05, 3.63) is 33.9 Å². The Hall–Kier alpha value is -1.62. The van der Waals surface area contributed by atoms with Gasteiger partial charge in [-0.2, -0.15) is 0 Å². The molecule has 0 spiro atoms. The highest BCUT2D eigenvalue weighted by atomic mass is 16.6. The van der Waals surface area contributed by atoms with Crippen LogP contribution in [0.2, 0.25) is 0 Å². The number of piperidine rings is 1. The van der Waals surface area contributed by atoms with Crippen LogP contribution in [-0.2, 0) is 0 Å². The van der Waals surface area contributed by atoms with E-state index in [9.17, 15) is 10.1 Å². The van der Waals surface area contributed by atoms with Gasteiger partial charge >= 0.3 is 0 Å². The van der Waals surface area contributed by atoms with Crippen LogP contribution < -0.4 is 5.32 Å². The van der Waals surface area contributed by atoms with Crippen LogP contribution in [0.15, 0.2) is 18.2 Å². The molecule has 1 fully saturated rings. The number of benzene rings is 1. The van der Waals surface area contributed by atoms with Crippen molar-refractivity contribution >= 4 is 11.4 Å². The second-order valence-corrected chi connectivity index (χ2v) is 5.11. The topological polar surface area (TPSA) is 58.4 Å². The van der Waals surface area contributed by atoms with Gasteiger partial charge in [-0.05, 0) is 37.9 Å². The number of aryl methyl sites for hydroxylation is 1. The molecule has 0 atom stereocenters. The van der Waals surface area contributed by atoms with Crippen LogP contribution in [0.1, 0.15) is 25.3 Å². The zero-order valence-electron chi connectivity index (χ0n) is 11.6. The highest BCUT2D eigenvalue weighted by Crippen LogP contribution is 2.23. The number of hydrogen-bond acceptors (Lipinski definition) is 4. The number of anilines is 1. The summed E-state index contributed by atoms with van der Waals surface area (Å²) in [6.07, 6.45) is 2.26. The van der Waals surface area contributed by atoms with Gasteiger partial charge < -0.3 is 10.2 Å². The van der Waals surface area contributed by atoms with E-state index in [1.54, 1.807) is 12.1 Å². The number of nitro groups is 1. The SMILES string of the molecule is CCN1CCC(Nc2ccc([N+](=O)[O-])cc2C)CC1. The van der Waals surface area contributed by atoms with Crippen molar-refractivity contribution in [2.45, 2.75) is 32.7 Å². The fraction of sp³-hybridized carbons (Fsp3) is 0.571. The summed E-state index contributed by atoms with van der Waals surface area (Å²) in [4.78, 5) is 12.8. The molecule has 5 nitrogen and oxygen atoms in total. The van der Waals surface area contributed by atoms with E-state index >= 15 is 0 Å². The number of non-ortho nitro benzene ring substituents is 1. The van der Waals surface area contributed by atoms with Gasteiger partial charge in [-0.25, -0.2) is 0 Å². The number of nitrogens with one attached hydrogen (secondary N) is 1. The van der Waals surface area contributed by atoms with Gasteiger partial charge in [0.05, 0.1) is 4.92 Å². The van der Waals surface area contributed by atoms with Crippen LogP contribution >= 0.6 is 0 Å². The number of likely N-dealkylation sites (tertiary alicyclic amines) is 1. The van der Waals surface area contributed by atoms with Crippen molar-refractivity contribution in [2.24, 2.45) is 0 Å². The minimum Gasteiger partial charge on any atom is -0.382 e. The average Bonchev–Trinajstić information content (AvgIpc) is 2.41. The molecule has 1 aromatic carbocycles. The molecule has 1 aliphatic rings. The molecule has 19 heavy (non-hydrogen) atoms. The lowest BCUT2D eigenvalue weighted by molar-refractivity contribution is -0.384. The molecule has 0 aliphatic carbocycles. The van der Waals surface area contributed by atoms with Crippen molar-refractivity contribution < 1.29 is 4.92 Å². The molecule has 1 aliphatic heterocycles. The summed E-state index contributed by atoms with van der Waals surface area (Å²) >= 11 is 0. The fourth-order valence-electron chi connectivity index (χ4n) is 2.54. The normalized spacial score (nSPS) is 17.4. The Bertz CT molecular complexity index is 454. The first-order valence-electron chi connectivity index (χ1n) is 6.84. The Morgan fingerprint density at radius 2 is 2.11 bits per heavy atom. The molecular formula is C14H21N3O2. The van der Waals surface area contributed by atoms with Crippen molar-refractivity contribution in [3.8, 4) is 0 Å². The first-order valence-corrected chi connectivity index (χ1v) is 6.84. The molecule has 0 radical (unpaired) electrons. The Morgan fingerprint density at radius 3 is 2.63 bits per heavy atom. The molecule has 0 aromatic heterocycles. The van der Waals surface area contributed by atoms with Crippen molar-refractivity contribution in [3.63, 3.8) is 0 Å². The fourth-order valence-corrected chi connectivity index (χ4v) is 2.54. The zero-order valence-corrected chi connectivity index (χ0v) is 11.6. The number of rotatable bonds is 4. The third kappa shape index (κ3) is 3.44. The van der Waals surface area contributed by atoms with E-state index in [2.05, 4.69) is 17.1 Å². The summed E-state index contributed by atoms with van der Waals surface area (Å²) in [5.74, 6) is 0. The maximum Gasteiger partial charge on any atom is 0.269 e. The second kappa shape index (κ2) is 6.02. The standard InChI is InChI=1S/C14H21N3O2/c1-3-16-8-6-12(7-9-16)15-14-5-4-13(17(18)19)10-11(14)2/h4-5,10,12,15H,3,6-9H2,1-2H3. The summed E-state index contributed by atoms with van der Waals surface area (Å²) in [5.41, 5.74) is 2.11. The van der Waals surface area contributed by atoms with Crippen LogP contribution in [0, 0.1) is 17.0 Å². The van der Waals surface area contributed by atoms with Gasteiger partial charge in [0.15, 0.2) is 0 Å². The van der Waals surface area contributed by atoms with E-state index in [1.165, 1.54) is 0 Å². The highest BCUT2D eigenvalue weighted by Gasteiger charge is 2.18. The van der Waals surface area contributed by atoms with Crippen LogP contribution in [0.25, 0.3) is 0 Å². The van der Waals surface area contributed by atoms with Crippen molar-refractivity contribution in [2.75, 3.05) is 25.0 Å². The van der Waals surface area contributed by atoms with Crippen LogP contribution in [0.3, 0.4) is 0 Å². The van der Waals surface area contributed by atoms with E-state index < -0.39 is 0 Å². The lowest BCUT2D eigenvalue weighted by Gasteiger charge is -2.32. The van der Waals surface area contributed by atoms with Gasteiger partial charge in [0, 0.05) is 37.0 Å². The molecule has 0 unspecified atom stereocenters. The number of nitro benzene ring substituents is 1. The van der Waals surface area contributed by atoms with E-state index in [-0.39, 0.29) is 10.6 Å². The van der Waals surface area contributed by atoms with Gasteiger partial charge in [-0.1, -0.05) is 6.92 Å². The molecule has 0 saturated carbocycles. The summed E-state index contributed by atoms with van der Waals surface area (Å²) in [6.45, 7) is 7.47. The third-order valence-corrected chi connectivity index (χ3v) is 3.82. The molecular weight excluding hydrogens is 242 g/mol. The minimum atomic E-state index is -0.351. The van der Waals surface area contributed by atoms with E-state index in [1.807, 2.05) is 13.0 Å². The zero-order chi connectivity index (χ0) is 13.8. The van der Waals surface area contributed by atoms with Crippen molar-refractivity contribution in [1.82, 2.24) is 4.90 Å². The quantitative estimate of drug-likeness (QED) is 0.670. The second-order valence-electron chi connectivity index (χ2n) is 5.11. The van der Waals surface area contributed by atoms with Gasteiger partial charge in [0.1, 0.15) is 0 Å². The summed E-state index contributed by atoms with van der Waals surface area (Å²) in [5, 5.41) is 14.2. The van der Waals surface area contributed by atoms with Crippen LogP contribution in [0.5, 0.6) is 0 Å². The summed E-state index contributed by atoms with van der Waals surface area (Å²) < 4.78 is 0. The Morgan fingerprint density at radius 1 is 1.42 bits per heavy atom. The maximum atomic E-state index is 10.7. The van der Waals surface area contributed by atoms with E-state index in [0.29, 0.717) is 6.04 Å². The van der Waals surface area contributed by atoms with Gasteiger partial charge in [0.25, 0.3) is 5.69 Å². The Labute approximate surface area is 113 Å². The molecule has 5 heteroatoms. The average molecular weight is 263 g/mol. The first kappa shape index (κ1) is 13.8. The molecule has 1 aromatic rings. The van der Waals surface area contributed by atoms with Gasteiger partial charge in [-0.15, -0.1) is 0 Å². The Kier molecular flexibility index (Phi) is 4.37. The van der Waals surface area contributed by atoms with E-state index in [4.69, 9.17) is 0 Å². The number of hydrogen-bond donors (Lipinski definition) is 1. The molecule has 1 N–H and O–H groups in total. The van der Waals surface area contributed by atoms with E-state index in [0.717, 1.165) is 43.7 Å². The summed E-state index contributed by atoms with van der Waals surface area (Å²) in [7, 11) is 0. The predicted octanol–water partition coefficient (Wildman–Crippen LogP) is 2.80. The monoisotopic (exact) mass is 263 g/mol. The lowest BCUT2D eigenvalue weighted by Crippen LogP contribution is -2.38. The summed E-state index contributed by atoms with van der Waals surface area (Å²) in [6, 6.07) is 5.49. The smallest absolute Gasteiger partial charge is 0.269 e. The van der Waals surface area contributed by atoms with Crippen LogP contribution in [0.4, 0.5) is 11.4 Å². The largest absolute Gasteiger partial charge is 0.382 e. The molecule has 0 amide bonds. The predicted molar refractivity (Wildman–Crippen MR) is 76.6 cm³/mol. The van der Waals surface area contributed by atoms with Crippen LogP contribution in [-0.4, -0.2) is 35.5 Å². The van der Waals surface area contributed by atoms with Gasteiger partial charge in [0.2, 0.25) is 0 Å². The first-order chi connectivity index (χ1) is 9.10. The molecule has 104 valence electrons. The third-order valence-electron chi connectivity index (χ3n) is 3.82. The molecule has 1 heterocycles. The molecule has 1 saturated heterocycles. The number of nitrogens with zero attached hydrogens (tertiary/aromatic N) is 2.